The Balaban J connectivity index is 0.00000380. The van der Waals surface area contributed by atoms with E-state index in [1.165, 1.54) is 34.8 Å². The zero-order chi connectivity index (χ0) is 25.9. The minimum absolute atomic E-state index is 0. The molecule has 0 radical (unpaired) electrons. The molecule has 1 amide bonds. The van der Waals surface area contributed by atoms with Crippen molar-refractivity contribution in [3.05, 3.63) is 83.4 Å². The van der Waals surface area contributed by atoms with Crippen LogP contribution in [0.15, 0.2) is 77.7 Å². The van der Waals surface area contributed by atoms with Crippen LogP contribution >= 0.6 is 35.3 Å². The number of amides is 1. The molecule has 4 rings (SSSR count). The molecule has 4 aromatic rings. The highest BCUT2D eigenvalue weighted by Crippen LogP contribution is 2.32. The van der Waals surface area contributed by atoms with E-state index in [4.69, 9.17) is 11.6 Å². The van der Waals surface area contributed by atoms with Gasteiger partial charge in [0.15, 0.2) is 5.13 Å². The largest absolute Gasteiger partial charge is 0.309 e. The Morgan fingerprint density at radius 1 is 0.946 bits per heavy atom. The molecule has 1 heterocycles. The Bertz CT molecular complexity index is 1460. The molecule has 0 unspecified atom stereocenters. The Morgan fingerprint density at radius 3 is 2.27 bits per heavy atom. The number of carbonyl (C=O) groups is 1. The smallest absolute Gasteiger partial charge is 0.264 e. The van der Waals surface area contributed by atoms with Crippen LogP contribution in [0.4, 0.5) is 10.8 Å². The van der Waals surface area contributed by atoms with Crippen molar-refractivity contribution in [2.45, 2.75) is 11.3 Å². The second-order valence-electron chi connectivity index (χ2n) is 8.55. The number of nitrogens with zero attached hydrogens (tertiary/aromatic N) is 4. The van der Waals surface area contributed by atoms with Crippen molar-refractivity contribution in [1.82, 2.24) is 9.88 Å². The van der Waals surface area contributed by atoms with Crippen LogP contribution in [0.3, 0.4) is 0 Å². The highest BCUT2D eigenvalue weighted by molar-refractivity contribution is 7.92. The molecule has 3 aromatic carbocycles. The van der Waals surface area contributed by atoms with E-state index in [1.807, 2.05) is 32.3 Å². The molecule has 11 heteroatoms. The first-order chi connectivity index (χ1) is 17.2. The Hall–Kier alpha value is -2.69. The summed E-state index contributed by atoms with van der Waals surface area (Å²) in [5.74, 6) is -0.237. The molecular formula is C26H28Cl2N4O3S2. The third-order valence-corrected chi connectivity index (χ3v) is 8.76. The van der Waals surface area contributed by atoms with Gasteiger partial charge in [-0.3, -0.25) is 14.0 Å². The number of benzene rings is 3. The average Bonchev–Trinajstić information content (AvgIpc) is 3.29. The van der Waals surface area contributed by atoms with Crippen molar-refractivity contribution >= 4 is 72.3 Å². The molecule has 0 aliphatic carbocycles. The summed E-state index contributed by atoms with van der Waals surface area (Å²) >= 11 is 7.54. The van der Waals surface area contributed by atoms with Crippen molar-refractivity contribution in [3.63, 3.8) is 0 Å². The molecule has 0 N–H and O–H groups in total. The molecule has 0 fully saturated rings. The number of thiazole rings is 1. The zero-order valence-electron chi connectivity index (χ0n) is 20.7. The summed E-state index contributed by atoms with van der Waals surface area (Å²) < 4.78 is 28.3. The summed E-state index contributed by atoms with van der Waals surface area (Å²) in [6.07, 6.45) is 0.754. The van der Waals surface area contributed by atoms with Gasteiger partial charge in [-0.25, -0.2) is 13.4 Å². The van der Waals surface area contributed by atoms with Gasteiger partial charge < -0.3 is 4.90 Å². The van der Waals surface area contributed by atoms with Crippen molar-refractivity contribution in [2.75, 3.05) is 43.4 Å². The summed E-state index contributed by atoms with van der Waals surface area (Å²) in [5.41, 5.74) is 1.72. The highest BCUT2D eigenvalue weighted by Gasteiger charge is 2.24. The zero-order valence-corrected chi connectivity index (χ0v) is 23.9. The molecule has 0 atom stereocenters. The van der Waals surface area contributed by atoms with Gasteiger partial charge in [0.1, 0.15) is 0 Å². The maximum atomic E-state index is 13.6. The van der Waals surface area contributed by atoms with E-state index in [0.29, 0.717) is 27.9 Å². The summed E-state index contributed by atoms with van der Waals surface area (Å²) in [6, 6.07) is 20.3. The van der Waals surface area contributed by atoms with Gasteiger partial charge in [-0.2, -0.15) is 0 Å². The molecule has 1 aromatic heterocycles. The van der Waals surface area contributed by atoms with E-state index in [2.05, 4.69) is 9.88 Å². The summed E-state index contributed by atoms with van der Waals surface area (Å²) in [5, 5.41) is 1.19. The Labute approximate surface area is 232 Å². The van der Waals surface area contributed by atoms with Crippen LogP contribution in [0.1, 0.15) is 16.8 Å². The number of anilines is 2. The Kier molecular flexibility index (Phi) is 9.55. The van der Waals surface area contributed by atoms with Gasteiger partial charge in [-0.15, -0.1) is 12.4 Å². The van der Waals surface area contributed by atoms with Crippen LogP contribution in [0.2, 0.25) is 5.02 Å². The van der Waals surface area contributed by atoms with Crippen molar-refractivity contribution < 1.29 is 13.2 Å². The molecule has 7 nitrogen and oxygen atoms in total. The van der Waals surface area contributed by atoms with Crippen molar-refractivity contribution in [3.8, 4) is 0 Å². The molecule has 0 aliphatic heterocycles. The van der Waals surface area contributed by atoms with Gasteiger partial charge >= 0.3 is 0 Å². The first kappa shape index (κ1) is 28.9. The lowest BCUT2D eigenvalue weighted by Gasteiger charge is -2.22. The molecule has 0 aliphatic rings. The number of fused-ring (bicyclic) bond motifs is 1. The van der Waals surface area contributed by atoms with Gasteiger partial charge in [0, 0.05) is 24.2 Å². The van der Waals surface area contributed by atoms with Gasteiger partial charge in [-0.05, 0) is 81.7 Å². The lowest BCUT2D eigenvalue weighted by atomic mass is 10.2. The summed E-state index contributed by atoms with van der Waals surface area (Å²) in [4.78, 5) is 22.1. The molecule has 0 spiro atoms. The number of aromatic nitrogens is 1. The van der Waals surface area contributed by atoms with E-state index in [0.717, 1.165) is 23.2 Å². The van der Waals surface area contributed by atoms with Crippen LogP contribution in [-0.2, 0) is 10.0 Å². The molecule has 0 bridgehead atoms. The van der Waals surface area contributed by atoms with Crippen LogP contribution in [-0.4, -0.2) is 58.4 Å². The number of sulfonamides is 1. The van der Waals surface area contributed by atoms with Crippen molar-refractivity contribution in [1.29, 1.82) is 0 Å². The van der Waals surface area contributed by atoms with E-state index < -0.39 is 10.0 Å². The van der Waals surface area contributed by atoms with Crippen molar-refractivity contribution in [2.24, 2.45) is 0 Å². The second kappa shape index (κ2) is 12.2. The third-order valence-electron chi connectivity index (χ3n) is 5.68. The standard InChI is InChI=1S/C26H27ClN4O3S2.ClH/c1-29(2)16-7-17-31(26-28-23-15-12-20(27)18-24(23)35-26)25(32)19-10-13-22(14-11-19)36(33,34)30(3)21-8-5-4-6-9-21;/h4-6,8-15,18H,7,16-17H2,1-3H3;1H. The van der Waals surface area contributed by atoms with Crippen LogP contribution in [0.25, 0.3) is 10.2 Å². The molecule has 0 saturated carbocycles. The van der Waals surface area contributed by atoms with Crippen LogP contribution in [0, 0.1) is 0 Å². The number of para-hydroxylation sites is 1. The maximum absolute atomic E-state index is 13.6. The SMILES string of the molecule is CN(C)CCCN(C(=O)c1ccc(S(=O)(=O)N(C)c2ccccc2)cc1)c1nc2ccc(Cl)cc2s1.Cl. The van der Waals surface area contributed by atoms with Gasteiger partial charge in [0.05, 0.1) is 20.8 Å². The number of halogens is 2. The highest BCUT2D eigenvalue weighted by atomic mass is 35.5. The number of carbonyl (C=O) groups excluding carboxylic acids is 1. The first-order valence-corrected chi connectivity index (χ1v) is 14.0. The molecule has 37 heavy (non-hydrogen) atoms. The predicted octanol–water partition coefficient (Wildman–Crippen LogP) is 5.80. The number of hydrogen-bond acceptors (Lipinski definition) is 6. The normalized spacial score (nSPS) is 11.4. The van der Waals surface area contributed by atoms with E-state index in [1.54, 1.807) is 47.4 Å². The van der Waals surface area contributed by atoms with Gasteiger partial charge in [0.25, 0.3) is 15.9 Å². The van der Waals surface area contributed by atoms with Gasteiger partial charge in [-0.1, -0.05) is 41.1 Å². The summed E-state index contributed by atoms with van der Waals surface area (Å²) in [6.45, 7) is 1.28. The summed E-state index contributed by atoms with van der Waals surface area (Å²) in [7, 11) is 1.70. The van der Waals surface area contributed by atoms with Crippen LogP contribution < -0.4 is 9.21 Å². The number of rotatable bonds is 9. The van der Waals surface area contributed by atoms with Gasteiger partial charge in [0.2, 0.25) is 0 Å². The Morgan fingerprint density at radius 2 is 1.62 bits per heavy atom. The average molecular weight is 580 g/mol. The fourth-order valence-electron chi connectivity index (χ4n) is 3.69. The number of hydrogen-bond donors (Lipinski definition) is 0. The second-order valence-corrected chi connectivity index (χ2v) is 12.0. The topological polar surface area (TPSA) is 73.8 Å². The lowest BCUT2D eigenvalue weighted by molar-refractivity contribution is 0.0986. The quantitative estimate of drug-likeness (QED) is 0.251. The first-order valence-electron chi connectivity index (χ1n) is 11.3. The molecule has 0 saturated heterocycles. The fraction of sp³-hybridized carbons (Fsp3) is 0.231. The fourth-order valence-corrected chi connectivity index (χ4v) is 6.15. The molecular weight excluding hydrogens is 551 g/mol. The minimum atomic E-state index is -3.77. The van der Waals surface area contributed by atoms with Crippen LogP contribution in [0.5, 0.6) is 0 Å². The van der Waals surface area contributed by atoms with E-state index in [9.17, 15) is 13.2 Å². The minimum Gasteiger partial charge on any atom is -0.309 e. The van der Waals surface area contributed by atoms with E-state index >= 15 is 0 Å². The third kappa shape index (κ3) is 6.61. The molecule has 196 valence electrons. The monoisotopic (exact) mass is 578 g/mol. The maximum Gasteiger partial charge on any atom is 0.264 e. The lowest BCUT2D eigenvalue weighted by Crippen LogP contribution is -2.33. The van der Waals surface area contributed by atoms with E-state index in [-0.39, 0.29) is 23.2 Å². The predicted molar refractivity (Wildman–Crippen MR) is 155 cm³/mol.